The van der Waals surface area contributed by atoms with Crippen molar-refractivity contribution in [2.75, 3.05) is 19.6 Å². The fourth-order valence-electron chi connectivity index (χ4n) is 1.73. The summed E-state index contributed by atoms with van der Waals surface area (Å²) in [4.78, 5) is 0. The Morgan fingerprint density at radius 2 is 2.25 bits per heavy atom. The molecule has 1 N–H and O–H groups in total. The maximum atomic E-state index is 5.90. The van der Waals surface area contributed by atoms with Crippen LogP contribution < -0.4 is 5.32 Å². The molecule has 0 saturated heterocycles. The average molecular weight is 192 g/mol. The second kappa shape index (κ2) is 4.45. The van der Waals surface area contributed by atoms with Gasteiger partial charge in [0.05, 0.1) is 6.61 Å². The Balaban J connectivity index is 2.27. The molecule has 0 radical (unpaired) electrons. The maximum Gasteiger partial charge on any atom is 0.0613 e. The zero-order valence-electron chi connectivity index (χ0n) is 7.90. The molecule has 3 heteroatoms. The zero-order chi connectivity index (χ0) is 9.03. The average Bonchev–Trinajstić information content (AvgIpc) is 1.97. The summed E-state index contributed by atoms with van der Waals surface area (Å²) in [7, 11) is 1.73. The van der Waals surface area contributed by atoms with E-state index in [0.717, 1.165) is 12.5 Å². The van der Waals surface area contributed by atoms with Crippen LogP contribution in [-0.2, 0) is 4.74 Å². The van der Waals surface area contributed by atoms with E-state index in [0.29, 0.717) is 6.04 Å². The molecule has 1 saturated carbocycles. The zero-order valence-corrected chi connectivity index (χ0v) is 8.66. The van der Waals surface area contributed by atoms with Crippen molar-refractivity contribution in [3.05, 3.63) is 0 Å². The predicted octanol–water partition coefficient (Wildman–Crippen LogP) is 1.77. The lowest BCUT2D eigenvalue weighted by molar-refractivity contribution is 0.127. The number of nitrogens with one attached hydrogen (secondary N) is 1. The van der Waals surface area contributed by atoms with Crippen LogP contribution in [0.2, 0.25) is 0 Å². The molecule has 0 spiro atoms. The Labute approximate surface area is 79.6 Å². The summed E-state index contributed by atoms with van der Waals surface area (Å²) < 4.78 is 5.06. The van der Waals surface area contributed by atoms with E-state index < -0.39 is 0 Å². The Morgan fingerprint density at radius 3 is 2.58 bits per heavy atom. The molecule has 12 heavy (non-hydrogen) atoms. The molecule has 0 aliphatic heterocycles. The van der Waals surface area contributed by atoms with Crippen molar-refractivity contribution in [2.24, 2.45) is 0 Å². The minimum atomic E-state index is 0.222. The minimum absolute atomic E-state index is 0.222. The SMILES string of the molecule is COCC(C)NC1(CCl)CCC1. The van der Waals surface area contributed by atoms with Crippen molar-refractivity contribution in [3.63, 3.8) is 0 Å². The molecular weight excluding hydrogens is 174 g/mol. The summed E-state index contributed by atoms with van der Waals surface area (Å²) >= 11 is 5.90. The molecule has 0 aromatic heterocycles. The van der Waals surface area contributed by atoms with Gasteiger partial charge in [-0.1, -0.05) is 0 Å². The summed E-state index contributed by atoms with van der Waals surface area (Å²) in [6, 6.07) is 0.411. The number of rotatable bonds is 5. The first kappa shape index (κ1) is 10.3. The lowest BCUT2D eigenvalue weighted by Crippen LogP contribution is -2.56. The van der Waals surface area contributed by atoms with Gasteiger partial charge in [0.15, 0.2) is 0 Å². The van der Waals surface area contributed by atoms with Gasteiger partial charge in [0.1, 0.15) is 0 Å². The Bertz CT molecular complexity index is 131. The third kappa shape index (κ3) is 2.35. The van der Waals surface area contributed by atoms with Crippen LogP contribution in [0.3, 0.4) is 0 Å². The molecule has 72 valence electrons. The van der Waals surface area contributed by atoms with Crippen LogP contribution in [0.1, 0.15) is 26.2 Å². The van der Waals surface area contributed by atoms with Crippen molar-refractivity contribution < 1.29 is 4.74 Å². The van der Waals surface area contributed by atoms with Crippen LogP contribution in [0.4, 0.5) is 0 Å². The molecular formula is C9H18ClNO. The third-order valence-electron chi connectivity index (χ3n) is 2.54. The largest absolute Gasteiger partial charge is 0.383 e. The van der Waals surface area contributed by atoms with Crippen LogP contribution in [0.5, 0.6) is 0 Å². The van der Waals surface area contributed by atoms with Gasteiger partial charge in [0, 0.05) is 24.6 Å². The van der Waals surface area contributed by atoms with E-state index in [4.69, 9.17) is 16.3 Å². The number of ether oxygens (including phenoxy) is 1. The molecule has 1 rings (SSSR count). The second-order valence-electron chi connectivity index (χ2n) is 3.77. The molecule has 0 heterocycles. The van der Waals surface area contributed by atoms with Gasteiger partial charge < -0.3 is 10.1 Å². The van der Waals surface area contributed by atoms with Crippen molar-refractivity contribution in [2.45, 2.75) is 37.8 Å². The van der Waals surface area contributed by atoms with Crippen molar-refractivity contribution in [1.82, 2.24) is 5.32 Å². The predicted molar refractivity (Wildman–Crippen MR) is 51.8 cm³/mol. The molecule has 0 aromatic carbocycles. The molecule has 1 aliphatic rings. The van der Waals surface area contributed by atoms with E-state index in [2.05, 4.69) is 12.2 Å². The van der Waals surface area contributed by atoms with Crippen LogP contribution in [-0.4, -0.2) is 31.2 Å². The summed E-state index contributed by atoms with van der Waals surface area (Å²) in [5.74, 6) is 0.723. The van der Waals surface area contributed by atoms with Crippen LogP contribution in [0.25, 0.3) is 0 Å². The Kier molecular flexibility index (Phi) is 3.81. The van der Waals surface area contributed by atoms with Crippen LogP contribution >= 0.6 is 11.6 Å². The fraction of sp³-hybridized carbons (Fsp3) is 1.00. The molecule has 0 aromatic rings. The van der Waals surface area contributed by atoms with Gasteiger partial charge in [0.2, 0.25) is 0 Å². The van der Waals surface area contributed by atoms with Gasteiger partial charge >= 0.3 is 0 Å². The quantitative estimate of drug-likeness (QED) is 0.669. The summed E-state index contributed by atoms with van der Waals surface area (Å²) in [5, 5.41) is 3.52. The Morgan fingerprint density at radius 1 is 1.58 bits per heavy atom. The van der Waals surface area contributed by atoms with Crippen molar-refractivity contribution in [1.29, 1.82) is 0 Å². The summed E-state index contributed by atoms with van der Waals surface area (Å²) in [6.45, 7) is 2.90. The van der Waals surface area contributed by atoms with E-state index >= 15 is 0 Å². The second-order valence-corrected chi connectivity index (χ2v) is 4.04. The maximum absolute atomic E-state index is 5.90. The van der Waals surface area contributed by atoms with E-state index in [-0.39, 0.29) is 5.54 Å². The molecule has 1 fully saturated rings. The number of alkyl halides is 1. The summed E-state index contributed by atoms with van der Waals surface area (Å²) in [5.41, 5.74) is 0.222. The monoisotopic (exact) mass is 191 g/mol. The van der Waals surface area contributed by atoms with E-state index in [1.54, 1.807) is 7.11 Å². The first-order valence-electron chi connectivity index (χ1n) is 4.55. The number of methoxy groups -OCH3 is 1. The molecule has 1 atom stereocenters. The highest BCUT2D eigenvalue weighted by atomic mass is 35.5. The van der Waals surface area contributed by atoms with Gasteiger partial charge in [-0.15, -0.1) is 11.6 Å². The van der Waals surface area contributed by atoms with E-state index in [1.165, 1.54) is 19.3 Å². The molecule has 2 nitrogen and oxygen atoms in total. The summed E-state index contributed by atoms with van der Waals surface area (Å²) in [6.07, 6.45) is 3.73. The minimum Gasteiger partial charge on any atom is -0.383 e. The molecule has 0 bridgehead atoms. The highest BCUT2D eigenvalue weighted by Crippen LogP contribution is 2.33. The number of halogens is 1. The number of hydrogen-bond donors (Lipinski definition) is 1. The molecule has 0 amide bonds. The fourth-order valence-corrected chi connectivity index (χ4v) is 2.08. The first-order valence-corrected chi connectivity index (χ1v) is 5.08. The van der Waals surface area contributed by atoms with Crippen molar-refractivity contribution >= 4 is 11.6 Å². The molecule has 1 aliphatic carbocycles. The smallest absolute Gasteiger partial charge is 0.0613 e. The van der Waals surface area contributed by atoms with Gasteiger partial charge in [0.25, 0.3) is 0 Å². The molecule has 1 unspecified atom stereocenters. The van der Waals surface area contributed by atoms with Crippen LogP contribution in [0, 0.1) is 0 Å². The highest BCUT2D eigenvalue weighted by Gasteiger charge is 2.36. The van der Waals surface area contributed by atoms with Crippen LogP contribution in [0.15, 0.2) is 0 Å². The van der Waals surface area contributed by atoms with Gasteiger partial charge in [-0.25, -0.2) is 0 Å². The lowest BCUT2D eigenvalue weighted by Gasteiger charge is -2.43. The Hall–Kier alpha value is 0.210. The number of hydrogen-bond acceptors (Lipinski definition) is 2. The van der Waals surface area contributed by atoms with Gasteiger partial charge in [-0.3, -0.25) is 0 Å². The first-order chi connectivity index (χ1) is 5.72. The van der Waals surface area contributed by atoms with Gasteiger partial charge in [-0.2, -0.15) is 0 Å². The van der Waals surface area contributed by atoms with E-state index in [1.807, 2.05) is 0 Å². The lowest BCUT2D eigenvalue weighted by atomic mass is 9.78. The van der Waals surface area contributed by atoms with E-state index in [9.17, 15) is 0 Å². The topological polar surface area (TPSA) is 21.3 Å². The third-order valence-corrected chi connectivity index (χ3v) is 3.05. The van der Waals surface area contributed by atoms with Crippen molar-refractivity contribution in [3.8, 4) is 0 Å². The highest BCUT2D eigenvalue weighted by molar-refractivity contribution is 6.18. The standard InChI is InChI=1S/C9H18ClNO/c1-8(6-12-2)11-9(7-10)4-3-5-9/h8,11H,3-7H2,1-2H3. The normalized spacial score (nSPS) is 23.2. The van der Waals surface area contributed by atoms with Gasteiger partial charge in [-0.05, 0) is 26.2 Å².